The number of rotatable bonds is 5. The van der Waals surface area contributed by atoms with Crippen molar-refractivity contribution in [2.45, 2.75) is 51.1 Å². The van der Waals surface area contributed by atoms with Crippen LogP contribution in [0.1, 0.15) is 39.0 Å². The van der Waals surface area contributed by atoms with Crippen LogP contribution >= 0.6 is 11.8 Å². The number of likely N-dealkylation sites (tertiary alicyclic amines) is 1. The Bertz CT molecular complexity index is 192. The summed E-state index contributed by atoms with van der Waals surface area (Å²) in [6, 6.07) is 1.67. The molecule has 0 spiro atoms. The van der Waals surface area contributed by atoms with Crippen molar-refractivity contribution in [1.82, 2.24) is 10.2 Å². The predicted molar refractivity (Wildman–Crippen MR) is 73.2 cm³/mol. The average molecular weight is 242 g/mol. The quantitative estimate of drug-likeness (QED) is 0.797. The third kappa shape index (κ3) is 3.64. The smallest absolute Gasteiger partial charge is 0.0166 e. The van der Waals surface area contributed by atoms with Crippen molar-refractivity contribution < 1.29 is 0 Å². The number of nitrogens with one attached hydrogen (secondary N) is 1. The number of hydrogen-bond acceptors (Lipinski definition) is 3. The largest absolute Gasteiger partial charge is 0.312 e. The van der Waals surface area contributed by atoms with Gasteiger partial charge in [-0.25, -0.2) is 0 Å². The Morgan fingerprint density at radius 3 is 3.00 bits per heavy atom. The highest BCUT2D eigenvalue weighted by Gasteiger charge is 2.20. The molecule has 94 valence electrons. The number of thioether (sulfide) groups is 1. The van der Waals surface area contributed by atoms with E-state index < -0.39 is 0 Å². The molecule has 2 aliphatic rings. The summed E-state index contributed by atoms with van der Waals surface area (Å²) >= 11 is 2.10. The lowest BCUT2D eigenvalue weighted by Crippen LogP contribution is -2.44. The third-order valence-electron chi connectivity index (χ3n) is 3.98. The van der Waals surface area contributed by atoms with E-state index in [4.69, 9.17) is 0 Å². The van der Waals surface area contributed by atoms with Crippen molar-refractivity contribution in [3.05, 3.63) is 0 Å². The minimum absolute atomic E-state index is 0.801. The van der Waals surface area contributed by atoms with Crippen molar-refractivity contribution in [2.24, 2.45) is 0 Å². The molecule has 16 heavy (non-hydrogen) atoms. The lowest BCUT2D eigenvalue weighted by molar-refractivity contribution is 0.144. The Hall–Kier alpha value is 0.270. The molecule has 2 aliphatic heterocycles. The maximum Gasteiger partial charge on any atom is 0.0166 e. The van der Waals surface area contributed by atoms with E-state index in [2.05, 4.69) is 28.9 Å². The van der Waals surface area contributed by atoms with Crippen molar-refractivity contribution in [2.75, 3.05) is 31.1 Å². The molecule has 2 nitrogen and oxygen atoms in total. The van der Waals surface area contributed by atoms with Gasteiger partial charge in [0.1, 0.15) is 0 Å². The maximum absolute atomic E-state index is 3.71. The second-order valence-electron chi connectivity index (χ2n) is 5.11. The molecule has 0 saturated carbocycles. The molecule has 2 unspecified atom stereocenters. The molecule has 2 fully saturated rings. The van der Waals surface area contributed by atoms with E-state index >= 15 is 0 Å². The zero-order valence-electron chi connectivity index (χ0n) is 10.6. The van der Waals surface area contributed by atoms with Crippen LogP contribution in [0.15, 0.2) is 0 Å². The summed E-state index contributed by atoms with van der Waals surface area (Å²) in [5.74, 6) is 2.69. The van der Waals surface area contributed by atoms with Crippen molar-refractivity contribution in [3.63, 3.8) is 0 Å². The van der Waals surface area contributed by atoms with Gasteiger partial charge in [-0.05, 0) is 38.0 Å². The first-order valence-electron chi connectivity index (χ1n) is 6.95. The molecule has 0 aromatic rings. The van der Waals surface area contributed by atoms with Gasteiger partial charge >= 0.3 is 0 Å². The Morgan fingerprint density at radius 1 is 1.31 bits per heavy atom. The van der Waals surface area contributed by atoms with Crippen LogP contribution in [0.25, 0.3) is 0 Å². The van der Waals surface area contributed by atoms with Crippen LogP contribution in [0.3, 0.4) is 0 Å². The van der Waals surface area contributed by atoms with Crippen LogP contribution in [-0.4, -0.2) is 48.1 Å². The highest BCUT2D eigenvalue weighted by Crippen LogP contribution is 2.19. The standard InChI is InChI=1S/C13H26N2S/c1-2-13-5-3-4-8-15(13)9-7-14-12-6-10-16-11-12/h12-14H,2-11H2,1H3. The van der Waals surface area contributed by atoms with E-state index in [0.717, 1.165) is 12.1 Å². The lowest BCUT2D eigenvalue weighted by Gasteiger charge is -2.35. The van der Waals surface area contributed by atoms with Gasteiger partial charge in [0.25, 0.3) is 0 Å². The van der Waals surface area contributed by atoms with Crippen LogP contribution in [0.4, 0.5) is 0 Å². The van der Waals surface area contributed by atoms with Gasteiger partial charge in [0.2, 0.25) is 0 Å². The molecular weight excluding hydrogens is 216 g/mol. The molecule has 0 aliphatic carbocycles. The van der Waals surface area contributed by atoms with E-state index in [0.29, 0.717) is 0 Å². The molecule has 0 bridgehead atoms. The monoisotopic (exact) mass is 242 g/mol. The molecule has 2 heterocycles. The second kappa shape index (κ2) is 6.87. The topological polar surface area (TPSA) is 15.3 Å². The van der Waals surface area contributed by atoms with Gasteiger partial charge < -0.3 is 5.32 Å². The molecular formula is C13H26N2S. The number of nitrogens with zero attached hydrogens (tertiary/aromatic N) is 1. The van der Waals surface area contributed by atoms with Crippen LogP contribution in [0.5, 0.6) is 0 Å². The van der Waals surface area contributed by atoms with E-state index in [9.17, 15) is 0 Å². The summed E-state index contributed by atoms with van der Waals surface area (Å²) in [4.78, 5) is 2.71. The van der Waals surface area contributed by atoms with Crippen LogP contribution in [-0.2, 0) is 0 Å². The molecule has 0 aromatic heterocycles. The molecule has 3 heteroatoms. The van der Waals surface area contributed by atoms with Crippen LogP contribution in [0.2, 0.25) is 0 Å². The molecule has 0 amide bonds. The Balaban J connectivity index is 1.63. The zero-order valence-corrected chi connectivity index (χ0v) is 11.4. The Morgan fingerprint density at radius 2 is 2.25 bits per heavy atom. The minimum atomic E-state index is 0.801. The number of piperidine rings is 1. The van der Waals surface area contributed by atoms with E-state index in [1.165, 1.54) is 63.2 Å². The fourth-order valence-electron chi connectivity index (χ4n) is 2.92. The van der Waals surface area contributed by atoms with Crippen molar-refractivity contribution in [3.8, 4) is 0 Å². The summed E-state index contributed by atoms with van der Waals surface area (Å²) in [6.45, 7) is 6.13. The molecule has 0 aromatic carbocycles. The maximum atomic E-state index is 3.71. The summed E-state index contributed by atoms with van der Waals surface area (Å²) < 4.78 is 0. The minimum Gasteiger partial charge on any atom is -0.312 e. The summed E-state index contributed by atoms with van der Waals surface area (Å²) in [5, 5.41) is 3.71. The van der Waals surface area contributed by atoms with Crippen LogP contribution in [0, 0.1) is 0 Å². The van der Waals surface area contributed by atoms with Crippen molar-refractivity contribution >= 4 is 11.8 Å². The van der Waals surface area contributed by atoms with Crippen LogP contribution < -0.4 is 5.32 Å². The van der Waals surface area contributed by atoms with Crippen molar-refractivity contribution in [1.29, 1.82) is 0 Å². The third-order valence-corrected chi connectivity index (χ3v) is 5.14. The SMILES string of the molecule is CCC1CCCCN1CCNC1CCSC1. The Kier molecular flexibility index (Phi) is 5.46. The fourth-order valence-corrected chi connectivity index (χ4v) is 4.11. The van der Waals surface area contributed by atoms with E-state index in [-0.39, 0.29) is 0 Å². The summed E-state index contributed by atoms with van der Waals surface area (Å²) in [5.41, 5.74) is 0. The lowest BCUT2D eigenvalue weighted by atomic mass is 10.0. The first-order valence-corrected chi connectivity index (χ1v) is 8.11. The van der Waals surface area contributed by atoms with E-state index in [1.54, 1.807) is 0 Å². The molecule has 2 rings (SSSR count). The normalized spacial score (nSPS) is 32.1. The second-order valence-corrected chi connectivity index (χ2v) is 6.26. The first kappa shape index (κ1) is 12.7. The zero-order chi connectivity index (χ0) is 11.2. The summed E-state index contributed by atoms with van der Waals surface area (Å²) in [6.07, 6.45) is 6.99. The predicted octanol–water partition coefficient (Wildman–Crippen LogP) is 2.35. The molecule has 2 atom stereocenters. The number of hydrogen-bond donors (Lipinski definition) is 1. The molecule has 2 saturated heterocycles. The average Bonchev–Trinajstić information content (AvgIpc) is 2.83. The van der Waals surface area contributed by atoms with E-state index in [1.807, 2.05) is 0 Å². The Labute approximate surface area is 105 Å². The van der Waals surface area contributed by atoms with Gasteiger partial charge in [-0.3, -0.25) is 4.90 Å². The highest BCUT2D eigenvalue weighted by atomic mass is 32.2. The molecule has 0 radical (unpaired) electrons. The van der Waals surface area contributed by atoms with Gasteiger partial charge in [-0.2, -0.15) is 11.8 Å². The first-order chi connectivity index (χ1) is 7.90. The van der Waals surface area contributed by atoms with Gasteiger partial charge in [0.05, 0.1) is 0 Å². The highest BCUT2D eigenvalue weighted by molar-refractivity contribution is 7.99. The van der Waals surface area contributed by atoms with Gasteiger partial charge in [0, 0.05) is 30.9 Å². The molecule has 1 N–H and O–H groups in total. The van der Waals surface area contributed by atoms with Gasteiger partial charge in [0.15, 0.2) is 0 Å². The van der Waals surface area contributed by atoms with Gasteiger partial charge in [-0.1, -0.05) is 13.3 Å². The summed E-state index contributed by atoms with van der Waals surface area (Å²) in [7, 11) is 0. The van der Waals surface area contributed by atoms with Gasteiger partial charge in [-0.15, -0.1) is 0 Å². The fraction of sp³-hybridized carbons (Fsp3) is 1.00.